The highest BCUT2D eigenvalue weighted by Crippen LogP contribution is 2.40. The number of rotatable bonds is 5. The second kappa shape index (κ2) is 9.22. The number of nitrogens with one attached hydrogen (secondary N) is 1. The predicted octanol–water partition coefficient (Wildman–Crippen LogP) is 4.98. The lowest BCUT2D eigenvalue weighted by molar-refractivity contribution is 0.288. The number of aromatic nitrogens is 1. The van der Waals surface area contributed by atoms with E-state index in [1.54, 1.807) is 11.8 Å². The molecule has 0 bridgehead atoms. The van der Waals surface area contributed by atoms with Crippen molar-refractivity contribution in [3.8, 4) is 0 Å². The summed E-state index contributed by atoms with van der Waals surface area (Å²) in [6, 6.07) is 11.3. The second-order valence-electron chi connectivity index (χ2n) is 7.73. The van der Waals surface area contributed by atoms with Crippen LogP contribution in [0, 0.1) is 0 Å². The first-order chi connectivity index (χ1) is 14.1. The molecular formula is C22H29N5S2. The van der Waals surface area contributed by atoms with Crippen LogP contribution in [0.4, 0.5) is 5.13 Å². The van der Waals surface area contributed by atoms with E-state index in [1.165, 1.54) is 29.0 Å². The summed E-state index contributed by atoms with van der Waals surface area (Å²) in [6.45, 7) is 8.09. The number of hydrogen-bond donors (Lipinski definition) is 2. The number of hydrogen-bond acceptors (Lipinski definition) is 7. The zero-order valence-corrected chi connectivity index (χ0v) is 18.6. The van der Waals surface area contributed by atoms with Crippen LogP contribution in [0.25, 0.3) is 0 Å². The minimum Gasteiger partial charge on any atom is -0.366 e. The summed E-state index contributed by atoms with van der Waals surface area (Å²) < 4.78 is 0. The maximum atomic E-state index is 5.34. The Morgan fingerprint density at radius 2 is 2.03 bits per heavy atom. The van der Waals surface area contributed by atoms with Crippen LogP contribution in [-0.4, -0.2) is 34.1 Å². The van der Waals surface area contributed by atoms with Crippen LogP contribution in [0.3, 0.4) is 0 Å². The zero-order valence-electron chi connectivity index (χ0n) is 16.9. The molecule has 0 radical (unpaired) electrons. The first-order valence-corrected chi connectivity index (χ1v) is 11.9. The number of thioether (sulfide) groups is 1. The van der Waals surface area contributed by atoms with Gasteiger partial charge in [-0.15, -0.1) is 11.3 Å². The number of hydrazone groups is 1. The third kappa shape index (κ3) is 4.78. The highest BCUT2D eigenvalue weighted by molar-refractivity contribution is 8.17. The Bertz CT molecular complexity index is 869. The van der Waals surface area contributed by atoms with Crippen LogP contribution >= 0.6 is 23.1 Å². The molecule has 2 aromatic rings. The van der Waals surface area contributed by atoms with Gasteiger partial charge in [0.2, 0.25) is 0 Å². The molecule has 3 N–H and O–H groups in total. The average Bonchev–Trinajstić information content (AvgIpc) is 3.17. The van der Waals surface area contributed by atoms with E-state index in [0.717, 1.165) is 47.6 Å². The average molecular weight is 428 g/mol. The van der Waals surface area contributed by atoms with Crippen LogP contribution in [0.5, 0.6) is 0 Å². The van der Waals surface area contributed by atoms with Crippen LogP contribution < -0.4 is 11.2 Å². The maximum absolute atomic E-state index is 5.34. The number of benzene rings is 1. The Morgan fingerprint density at radius 3 is 2.76 bits per heavy atom. The standard InChI is InChI=1S/C22H29N5S2/c1-15(26-23)28-16(2)27-13-11-18(12-14-27)24-22-25-21-19(9-6-10-20(21)29-22)17-7-4-3-5-8-17/h3-5,7-8,18-19H,2,6,9-14,23H2,1H3,(H,24,25)/b26-15-. The van der Waals surface area contributed by atoms with Crippen LogP contribution in [-0.2, 0) is 6.42 Å². The van der Waals surface area contributed by atoms with Crippen LogP contribution in [0.15, 0.2) is 47.0 Å². The fourth-order valence-corrected chi connectivity index (χ4v) is 6.05. The number of fused-ring (bicyclic) bond motifs is 1. The molecule has 29 heavy (non-hydrogen) atoms. The summed E-state index contributed by atoms with van der Waals surface area (Å²) in [5, 5.41) is 10.4. The summed E-state index contributed by atoms with van der Waals surface area (Å²) in [7, 11) is 0. The quantitative estimate of drug-likeness (QED) is 0.305. The number of anilines is 1. The molecule has 0 spiro atoms. The molecule has 1 aromatic heterocycles. The molecule has 2 heterocycles. The van der Waals surface area contributed by atoms with Gasteiger partial charge in [-0.05, 0) is 44.6 Å². The van der Waals surface area contributed by atoms with E-state index in [4.69, 9.17) is 10.8 Å². The first kappa shape index (κ1) is 20.3. The second-order valence-corrected chi connectivity index (χ2v) is 10.1. The molecule has 1 saturated heterocycles. The van der Waals surface area contributed by atoms with Crippen molar-refractivity contribution in [3.05, 3.63) is 58.1 Å². The third-order valence-corrected chi connectivity index (χ3v) is 7.74. The highest BCUT2D eigenvalue weighted by atomic mass is 32.2. The van der Waals surface area contributed by atoms with E-state index in [1.807, 2.05) is 18.3 Å². The van der Waals surface area contributed by atoms with Gasteiger partial charge >= 0.3 is 0 Å². The van der Waals surface area contributed by atoms with Gasteiger partial charge in [0.25, 0.3) is 0 Å². The number of nitrogens with two attached hydrogens (primary N) is 1. The number of piperidine rings is 1. The van der Waals surface area contributed by atoms with E-state index in [0.29, 0.717) is 12.0 Å². The van der Waals surface area contributed by atoms with Crippen LogP contribution in [0.2, 0.25) is 0 Å². The normalized spacial score (nSPS) is 20.4. The lowest BCUT2D eigenvalue weighted by Gasteiger charge is -2.34. The van der Waals surface area contributed by atoms with Crippen molar-refractivity contribution in [2.75, 3.05) is 18.4 Å². The van der Waals surface area contributed by atoms with Crippen molar-refractivity contribution >= 4 is 33.3 Å². The Hall–Kier alpha value is -1.99. The molecule has 0 saturated carbocycles. The van der Waals surface area contributed by atoms with Gasteiger partial charge in [0, 0.05) is 29.9 Å². The molecule has 154 valence electrons. The Balaban J connectivity index is 1.37. The molecule has 1 aliphatic heterocycles. The van der Waals surface area contributed by atoms with Crippen molar-refractivity contribution in [2.24, 2.45) is 10.9 Å². The van der Waals surface area contributed by atoms with Crippen molar-refractivity contribution < 1.29 is 0 Å². The minimum atomic E-state index is 0.446. The molecular weight excluding hydrogens is 398 g/mol. The molecule has 5 nitrogen and oxygen atoms in total. The van der Waals surface area contributed by atoms with Gasteiger partial charge in [0.15, 0.2) is 5.13 Å². The topological polar surface area (TPSA) is 66.5 Å². The molecule has 1 atom stereocenters. The highest BCUT2D eigenvalue weighted by Gasteiger charge is 2.27. The summed E-state index contributed by atoms with van der Waals surface area (Å²) in [5.41, 5.74) is 2.69. The summed E-state index contributed by atoms with van der Waals surface area (Å²) in [4.78, 5) is 8.84. The van der Waals surface area contributed by atoms with Gasteiger partial charge in [-0.2, -0.15) is 5.10 Å². The van der Waals surface area contributed by atoms with Crippen molar-refractivity contribution in [1.29, 1.82) is 0 Å². The number of likely N-dealkylation sites (tertiary alicyclic amines) is 1. The van der Waals surface area contributed by atoms with E-state index in [-0.39, 0.29) is 0 Å². The fraction of sp³-hybridized carbons (Fsp3) is 0.455. The number of aryl methyl sites for hydroxylation is 1. The smallest absolute Gasteiger partial charge is 0.183 e. The maximum Gasteiger partial charge on any atom is 0.183 e. The van der Waals surface area contributed by atoms with Crippen molar-refractivity contribution in [2.45, 2.75) is 51.0 Å². The Morgan fingerprint density at radius 1 is 1.28 bits per heavy atom. The number of thiazole rings is 1. The molecule has 1 aliphatic carbocycles. The van der Waals surface area contributed by atoms with Gasteiger partial charge in [0.05, 0.1) is 15.8 Å². The SMILES string of the molecule is C=C(S/C(C)=N\N)N1CCC(Nc2nc3c(s2)CCCC3c2ccccc2)CC1. The Labute approximate surface area is 181 Å². The number of nitrogens with zero attached hydrogens (tertiary/aromatic N) is 3. The van der Waals surface area contributed by atoms with Gasteiger partial charge in [-0.3, -0.25) is 0 Å². The van der Waals surface area contributed by atoms with Crippen molar-refractivity contribution in [3.63, 3.8) is 0 Å². The van der Waals surface area contributed by atoms with E-state index in [9.17, 15) is 0 Å². The lowest BCUT2D eigenvalue weighted by Crippen LogP contribution is -2.38. The molecule has 2 aliphatic rings. The molecule has 0 amide bonds. The molecule has 4 rings (SSSR count). The first-order valence-electron chi connectivity index (χ1n) is 10.3. The third-order valence-electron chi connectivity index (χ3n) is 5.78. The van der Waals surface area contributed by atoms with E-state index < -0.39 is 0 Å². The summed E-state index contributed by atoms with van der Waals surface area (Å²) in [6.07, 6.45) is 5.78. The van der Waals surface area contributed by atoms with Gasteiger partial charge < -0.3 is 16.1 Å². The minimum absolute atomic E-state index is 0.446. The molecule has 1 aromatic carbocycles. The van der Waals surface area contributed by atoms with Crippen molar-refractivity contribution in [1.82, 2.24) is 9.88 Å². The van der Waals surface area contributed by atoms with Crippen LogP contribution in [0.1, 0.15) is 54.7 Å². The van der Waals surface area contributed by atoms with Gasteiger partial charge in [-0.25, -0.2) is 4.98 Å². The summed E-state index contributed by atoms with van der Waals surface area (Å²) in [5.74, 6) is 5.78. The van der Waals surface area contributed by atoms with Gasteiger partial charge in [-0.1, -0.05) is 48.7 Å². The summed E-state index contributed by atoms with van der Waals surface area (Å²) >= 11 is 3.41. The van der Waals surface area contributed by atoms with Gasteiger partial charge in [0.1, 0.15) is 0 Å². The Kier molecular flexibility index (Phi) is 6.45. The molecule has 1 unspecified atom stereocenters. The predicted molar refractivity (Wildman–Crippen MR) is 126 cm³/mol. The lowest BCUT2D eigenvalue weighted by atomic mass is 9.85. The molecule has 1 fully saturated rings. The largest absolute Gasteiger partial charge is 0.366 e. The zero-order chi connectivity index (χ0) is 20.2. The monoisotopic (exact) mass is 427 g/mol. The fourth-order valence-electron chi connectivity index (χ4n) is 4.20. The van der Waals surface area contributed by atoms with E-state index in [2.05, 4.69) is 52.2 Å². The molecule has 7 heteroatoms. The van der Waals surface area contributed by atoms with E-state index >= 15 is 0 Å².